The molecule has 5 N–H and O–H groups in total. The van der Waals surface area contributed by atoms with Crippen molar-refractivity contribution in [2.75, 3.05) is 0 Å². The number of carbonyl (C=O) groups excluding carboxylic acids is 14. The fourth-order valence-electron chi connectivity index (χ4n) is 15.3. The number of allylic oxidation sites excluding steroid dienone is 2. The number of nitrogens with one attached hydrogen (secondary N) is 4. The standard InChI is InChI=1S/C25H23ClF2N2O3.C25H21F5N2O3S.C20H22F2N2O5.C17H16F2N2O4/c1-14-3-7-18(12-20(14)26)25(27,28)22(31)10-6-16-5-8-19-17(11-16)13-30(24(19)33)21-9-4-15(2)29-23(21)32;1-14-6-10-19(22(34)31-14)32-13-16-12-15(7-9-17(16)23(32)35)8-11-21(33)24(26,27)18-4-2-3-5-20(18)36-25(28,29)30;1-19(2,29)20(21,22)15(25)7-4-11-3-5-13-12(9-11)10-24(18(13)28)14-6-8-16(26)23-17(14)27;18-15(19)13(22)5-2-9-1-3-11-10(7-9)8-21(17(11)25)12-4-6-14(23)20-16(12)24/h3,5,7-8,11-12,21H,2,4,6,9-10,13H2,1H3,(H,29,32);2-5,7,9,12,19H,1,6,8,10-11,13H2,(H,31,34);3,5,9,14,29H,4,6-8,10H2,1-2H3,(H,23,26,27);1,3,7,12,15H,2,4-6,8H2,(H,20,23,24). The molecule has 0 radical (unpaired) electrons. The van der Waals surface area contributed by atoms with Crippen LogP contribution in [0.3, 0.4) is 0 Å². The summed E-state index contributed by atoms with van der Waals surface area (Å²) < 4.78 is 150. The Morgan fingerprint density at radius 3 is 1.15 bits per heavy atom. The van der Waals surface area contributed by atoms with Crippen LogP contribution in [-0.2, 0) is 112 Å². The fourth-order valence-corrected chi connectivity index (χ4v) is 16.2. The van der Waals surface area contributed by atoms with Crippen molar-refractivity contribution in [3.8, 4) is 0 Å². The Kier molecular flexibility index (Phi) is 27.9. The maximum atomic E-state index is 14.9. The van der Waals surface area contributed by atoms with Crippen LogP contribution in [0.15, 0.2) is 145 Å². The molecular formula is C87H82ClF11N8O15S. The van der Waals surface area contributed by atoms with Gasteiger partial charge in [-0.05, 0) is 183 Å². The zero-order chi connectivity index (χ0) is 89.9. The van der Waals surface area contributed by atoms with Crippen molar-refractivity contribution in [2.24, 2.45) is 0 Å². The summed E-state index contributed by atoms with van der Waals surface area (Å²) in [6, 6.07) is 24.7. The highest BCUT2D eigenvalue weighted by atomic mass is 35.5. The highest BCUT2D eigenvalue weighted by Gasteiger charge is 2.52. The number of thioether (sulfide) groups is 1. The molecule has 123 heavy (non-hydrogen) atoms. The molecule has 0 aliphatic carbocycles. The highest BCUT2D eigenvalue weighted by molar-refractivity contribution is 8.00. The number of rotatable bonds is 24. The summed E-state index contributed by atoms with van der Waals surface area (Å²) in [6.45, 7) is 11.8. The number of alkyl halides is 11. The molecule has 10 amide bonds. The van der Waals surface area contributed by atoms with E-state index in [1.165, 1.54) is 43.9 Å². The molecule has 23 nitrogen and oxygen atoms in total. The number of hydrogen-bond acceptors (Lipinski definition) is 16. The van der Waals surface area contributed by atoms with E-state index in [9.17, 15) is 121 Å². The monoisotopic (exact) mass is 1750 g/mol. The van der Waals surface area contributed by atoms with Crippen molar-refractivity contribution >= 4 is 106 Å². The number of aryl methyl sites for hydroxylation is 5. The summed E-state index contributed by atoms with van der Waals surface area (Å²) in [5.74, 6) is -20.2. The third kappa shape index (κ3) is 21.0. The van der Waals surface area contributed by atoms with Gasteiger partial charge in [-0.1, -0.05) is 104 Å². The number of amides is 10. The Balaban J connectivity index is 0.000000161. The van der Waals surface area contributed by atoms with E-state index in [1.54, 1.807) is 73.7 Å². The molecular weight excluding hydrogens is 1670 g/mol. The third-order valence-electron chi connectivity index (χ3n) is 22.2. The van der Waals surface area contributed by atoms with Crippen molar-refractivity contribution in [2.45, 2.75) is 214 Å². The topological polar surface area (TPSA) is 320 Å². The number of halogens is 12. The van der Waals surface area contributed by atoms with Crippen LogP contribution in [0.1, 0.15) is 194 Å². The lowest BCUT2D eigenvalue weighted by Crippen LogP contribution is -2.52. The van der Waals surface area contributed by atoms with E-state index in [1.807, 2.05) is 0 Å². The van der Waals surface area contributed by atoms with Gasteiger partial charge in [0.1, 0.15) is 29.8 Å². The number of carbonyl (C=O) groups is 14. The average molecular weight is 1760 g/mol. The number of Topliss-reactive ketones (excluding diaryl/α,β-unsaturated/α-hetero) is 4. The minimum absolute atomic E-state index is 0.0321. The van der Waals surface area contributed by atoms with Gasteiger partial charge < -0.3 is 35.3 Å². The zero-order valence-corrected chi connectivity index (χ0v) is 67.9. The van der Waals surface area contributed by atoms with Crippen molar-refractivity contribution in [1.29, 1.82) is 0 Å². The predicted molar refractivity (Wildman–Crippen MR) is 421 cm³/mol. The van der Waals surface area contributed by atoms with Crippen LogP contribution in [-0.4, -0.2) is 155 Å². The number of aliphatic hydroxyl groups is 1. The largest absolute Gasteiger partial charge is 0.446 e. The first-order valence-electron chi connectivity index (χ1n) is 39.0. The molecule has 4 atom stereocenters. The molecule has 8 heterocycles. The number of fused-ring (bicyclic) bond motifs is 4. The van der Waals surface area contributed by atoms with Crippen molar-refractivity contribution in [1.82, 2.24) is 40.9 Å². The first-order chi connectivity index (χ1) is 57.7. The molecule has 4 saturated heterocycles. The highest BCUT2D eigenvalue weighted by Crippen LogP contribution is 2.45. The minimum atomic E-state index is -4.78. The Morgan fingerprint density at radius 1 is 0.463 bits per heavy atom. The van der Waals surface area contributed by atoms with Crippen LogP contribution in [0.4, 0.5) is 48.3 Å². The van der Waals surface area contributed by atoms with Gasteiger partial charge in [0.2, 0.25) is 52.8 Å². The Bertz CT molecular complexity index is 5360. The van der Waals surface area contributed by atoms with E-state index in [4.69, 9.17) is 11.6 Å². The van der Waals surface area contributed by atoms with Crippen LogP contribution < -0.4 is 21.3 Å². The Morgan fingerprint density at radius 2 is 0.805 bits per heavy atom. The average Bonchev–Trinajstić information content (AvgIpc) is 1.62. The summed E-state index contributed by atoms with van der Waals surface area (Å²) in [6.07, 6.45) is -1.49. The van der Waals surface area contributed by atoms with Gasteiger partial charge in [0.15, 0.2) is 5.78 Å². The Labute approximate surface area is 705 Å². The van der Waals surface area contributed by atoms with E-state index in [2.05, 4.69) is 34.4 Å². The number of hydrogen-bond donors (Lipinski definition) is 5. The molecule has 14 rings (SSSR count). The van der Waals surface area contributed by atoms with E-state index >= 15 is 0 Å². The molecule has 0 spiro atoms. The molecule has 8 aliphatic rings. The predicted octanol–water partition coefficient (Wildman–Crippen LogP) is 12.6. The Hall–Kier alpha value is -11.6. The molecule has 6 aromatic carbocycles. The number of piperidine rings is 4. The number of imide groups is 2. The third-order valence-corrected chi connectivity index (χ3v) is 23.4. The number of nitrogens with zero attached hydrogens (tertiary/aromatic N) is 4. The van der Waals surface area contributed by atoms with Gasteiger partial charge in [0.05, 0.1) is 0 Å². The van der Waals surface area contributed by atoms with Gasteiger partial charge in [0, 0.05) is 119 Å². The zero-order valence-electron chi connectivity index (χ0n) is 66.3. The molecule has 8 aliphatic heterocycles. The first kappa shape index (κ1) is 92.1. The lowest BCUT2D eigenvalue weighted by Gasteiger charge is -2.30. The van der Waals surface area contributed by atoms with E-state index in [0.29, 0.717) is 104 Å². The summed E-state index contributed by atoms with van der Waals surface area (Å²) >= 11 is 5.25. The lowest BCUT2D eigenvalue weighted by atomic mass is 9.93. The second-order valence-electron chi connectivity index (χ2n) is 31.3. The number of benzene rings is 6. The molecule has 4 fully saturated rings. The molecule has 650 valence electrons. The maximum absolute atomic E-state index is 14.9. The van der Waals surface area contributed by atoms with Crippen LogP contribution in [0.5, 0.6) is 0 Å². The molecule has 36 heteroatoms. The second kappa shape index (κ2) is 37.2. The van der Waals surface area contributed by atoms with E-state index in [-0.39, 0.29) is 143 Å². The van der Waals surface area contributed by atoms with Gasteiger partial charge >= 0.3 is 23.3 Å². The SMILES string of the molecule is C=C1CCC(N2Cc3cc(CCC(=O)C(F)(F)c4ccc(C)c(Cl)c4)ccc3C2=O)C(=O)N1.C=C1CCC(N2Cc3cc(CCC(=O)C(F)(F)c4ccccc4SC(F)(F)F)ccc3C2=O)C(=O)N1.CC(C)(O)C(F)(F)C(=O)CCc1ccc2c(c1)CN(C1CCC(=O)NC1=O)C2=O.O=C1CCC(N2Cc3cc(CCC(=O)C(F)F)ccc3C2=O)C(=O)N1. The minimum Gasteiger partial charge on any atom is -0.384 e. The maximum Gasteiger partial charge on any atom is 0.446 e. The molecule has 0 aromatic heterocycles. The lowest BCUT2D eigenvalue weighted by molar-refractivity contribution is -0.180. The summed E-state index contributed by atoms with van der Waals surface area (Å²) in [4.78, 5) is 175. The summed E-state index contributed by atoms with van der Waals surface area (Å²) in [5.41, 5.74) is 0.127. The summed E-state index contributed by atoms with van der Waals surface area (Å²) in [5, 5.41) is 19.5. The van der Waals surface area contributed by atoms with Crippen LogP contribution >= 0.6 is 23.4 Å². The van der Waals surface area contributed by atoms with E-state index < -0.39 is 135 Å². The van der Waals surface area contributed by atoms with Gasteiger partial charge in [-0.15, -0.1) is 0 Å². The van der Waals surface area contributed by atoms with Gasteiger partial charge in [-0.3, -0.25) is 77.8 Å². The summed E-state index contributed by atoms with van der Waals surface area (Å²) in [7, 11) is 0. The quantitative estimate of drug-likeness (QED) is 0.0214. The van der Waals surface area contributed by atoms with Crippen molar-refractivity contribution < 1.29 is 121 Å². The van der Waals surface area contributed by atoms with Gasteiger partial charge in [0.25, 0.3) is 30.1 Å². The molecule has 4 unspecified atom stereocenters. The number of ketones is 4. The first-order valence-corrected chi connectivity index (χ1v) is 40.2. The van der Waals surface area contributed by atoms with Crippen molar-refractivity contribution in [3.63, 3.8) is 0 Å². The van der Waals surface area contributed by atoms with Crippen LogP contribution in [0.25, 0.3) is 0 Å². The normalized spacial score (nSPS) is 19.1. The van der Waals surface area contributed by atoms with Crippen molar-refractivity contribution in [3.05, 3.63) is 228 Å². The van der Waals surface area contributed by atoms with Gasteiger partial charge in [-0.25, -0.2) is 8.78 Å². The smallest absolute Gasteiger partial charge is 0.384 e. The second-order valence-corrected chi connectivity index (χ2v) is 32.8. The van der Waals surface area contributed by atoms with Gasteiger partial charge in [-0.2, -0.15) is 39.5 Å². The fraction of sp³-hybridized carbons (Fsp3) is 0.379. The molecule has 0 bridgehead atoms. The van der Waals surface area contributed by atoms with Crippen LogP contribution in [0.2, 0.25) is 5.02 Å². The molecule has 0 saturated carbocycles. The van der Waals surface area contributed by atoms with E-state index in [0.717, 1.165) is 43.7 Å². The van der Waals surface area contributed by atoms with Crippen LogP contribution in [0, 0.1) is 6.92 Å². The molecule has 6 aromatic rings.